The molecule has 0 aliphatic carbocycles. The van der Waals surface area contributed by atoms with Crippen LogP contribution in [0.15, 0.2) is 24.3 Å². The van der Waals surface area contributed by atoms with E-state index in [9.17, 15) is 4.39 Å². The van der Waals surface area contributed by atoms with E-state index in [0.29, 0.717) is 6.04 Å². The van der Waals surface area contributed by atoms with E-state index < -0.39 is 0 Å². The van der Waals surface area contributed by atoms with Crippen LogP contribution in [-0.2, 0) is 0 Å². The molecule has 1 aromatic carbocycles. The Labute approximate surface area is 116 Å². The SMILES string of the molecule is CCCN(C1CCCNC1)C(C)c1cccc(F)c1. The first-order chi connectivity index (χ1) is 9.22. The summed E-state index contributed by atoms with van der Waals surface area (Å²) in [5.74, 6) is -0.137. The van der Waals surface area contributed by atoms with Crippen molar-refractivity contribution in [2.45, 2.75) is 45.2 Å². The Balaban J connectivity index is 2.12. The van der Waals surface area contributed by atoms with Crippen LogP contribution in [0.25, 0.3) is 0 Å². The van der Waals surface area contributed by atoms with E-state index in [1.54, 1.807) is 6.07 Å². The van der Waals surface area contributed by atoms with Crippen LogP contribution in [0, 0.1) is 5.82 Å². The number of piperidine rings is 1. The van der Waals surface area contributed by atoms with E-state index >= 15 is 0 Å². The Kier molecular flexibility index (Phi) is 5.34. The first-order valence-corrected chi connectivity index (χ1v) is 7.44. The van der Waals surface area contributed by atoms with E-state index in [-0.39, 0.29) is 11.9 Å². The lowest BCUT2D eigenvalue weighted by Crippen LogP contribution is -2.47. The van der Waals surface area contributed by atoms with Crippen LogP contribution in [0.2, 0.25) is 0 Å². The first kappa shape index (κ1) is 14.5. The van der Waals surface area contributed by atoms with E-state index in [1.807, 2.05) is 12.1 Å². The molecule has 0 bridgehead atoms. The number of nitrogens with zero attached hydrogens (tertiary/aromatic N) is 1. The van der Waals surface area contributed by atoms with E-state index in [2.05, 4.69) is 24.1 Å². The van der Waals surface area contributed by atoms with Gasteiger partial charge in [0, 0.05) is 18.6 Å². The van der Waals surface area contributed by atoms with E-state index in [4.69, 9.17) is 0 Å². The van der Waals surface area contributed by atoms with Gasteiger partial charge in [0.2, 0.25) is 0 Å². The fourth-order valence-electron chi connectivity index (χ4n) is 3.03. The predicted molar refractivity (Wildman–Crippen MR) is 77.7 cm³/mol. The molecule has 1 N–H and O–H groups in total. The Hall–Kier alpha value is -0.930. The quantitative estimate of drug-likeness (QED) is 0.877. The maximum absolute atomic E-state index is 13.4. The highest BCUT2D eigenvalue weighted by atomic mass is 19.1. The van der Waals surface area contributed by atoms with Crippen LogP contribution in [-0.4, -0.2) is 30.6 Å². The molecule has 1 aliphatic heterocycles. The number of benzene rings is 1. The van der Waals surface area contributed by atoms with Crippen molar-refractivity contribution in [1.29, 1.82) is 0 Å². The summed E-state index contributed by atoms with van der Waals surface area (Å²) >= 11 is 0. The third-order valence-electron chi connectivity index (χ3n) is 4.05. The molecule has 0 saturated carbocycles. The van der Waals surface area contributed by atoms with Crippen LogP contribution in [0.4, 0.5) is 4.39 Å². The molecule has 106 valence electrons. The van der Waals surface area contributed by atoms with Crippen molar-refractivity contribution in [2.24, 2.45) is 0 Å². The molecule has 0 aromatic heterocycles. The minimum atomic E-state index is -0.137. The second-order valence-electron chi connectivity index (χ2n) is 5.47. The highest BCUT2D eigenvalue weighted by Gasteiger charge is 2.25. The van der Waals surface area contributed by atoms with Gasteiger partial charge in [-0.3, -0.25) is 4.90 Å². The van der Waals surface area contributed by atoms with Crippen molar-refractivity contribution in [3.63, 3.8) is 0 Å². The molecule has 2 unspecified atom stereocenters. The monoisotopic (exact) mass is 264 g/mol. The van der Waals surface area contributed by atoms with Crippen LogP contribution in [0.5, 0.6) is 0 Å². The van der Waals surface area contributed by atoms with Gasteiger partial charge in [0.25, 0.3) is 0 Å². The molecule has 1 saturated heterocycles. The van der Waals surface area contributed by atoms with Gasteiger partial charge >= 0.3 is 0 Å². The second-order valence-corrected chi connectivity index (χ2v) is 5.47. The number of halogens is 1. The molecule has 3 heteroatoms. The van der Waals surface area contributed by atoms with Gasteiger partial charge < -0.3 is 5.32 Å². The maximum Gasteiger partial charge on any atom is 0.123 e. The summed E-state index contributed by atoms with van der Waals surface area (Å²) in [5, 5.41) is 3.48. The average Bonchev–Trinajstić information content (AvgIpc) is 2.45. The molecule has 1 aromatic rings. The molecule has 1 aliphatic rings. The van der Waals surface area contributed by atoms with Gasteiger partial charge in [0.1, 0.15) is 5.82 Å². The van der Waals surface area contributed by atoms with Crippen molar-refractivity contribution in [1.82, 2.24) is 10.2 Å². The minimum Gasteiger partial charge on any atom is -0.315 e. The zero-order valence-corrected chi connectivity index (χ0v) is 12.0. The zero-order valence-electron chi connectivity index (χ0n) is 12.0. The van der Waals surface area contributed by atoms with Crippen molar-refractivity contribution in [2.75, 3.05) is 19.6 Å². The maximum atomic E-state index is 13.4. The smallest absolute Gasteiger partial charge is 0.123 e. The van der Waals surface area contributed by atoms with Gasteiger partial charge in [-0.1, -0.05) is 19.1 Å². The molecule has 2 rings (SSSR count). The van der Waals surface area contributed by atoms with Crippen LogP contribution in [0.1, 0.15) is 44.7 Å². The summed E-state index contributed by atoms with van der Waals surface area (Å²) < 4.78 is 13.4. The molecule has 1 heterocycles. The van der Waals surface area contributed by atoms with Gasteiger partial charge in [0.05, 0.1) is 0 Å². The third kappa shape index (κ3) is 3.77. The molecule has 2 atom stereocenters. The summed E-state index contributed by atoms with van der Waals surface area (Å²) in [6, 6.07) is 7.89. The number of hydrogen-bond acceptors (Lipinski definition) is 2. The van der Waals surface area contributed by atoms with Crippen LogP contribution in [0.3, 0.4) is 0 Å². The number of rotatable bonds is 5. The molecule has 19 heavy (non-hydrogen) atoms. The Bertz CT molecular complexity index is 388. The fraction of sp³-hybridized carbons (Fsp3) is 0.625. The van der Waals surface area contributed by atoms with Crippen molar-refractivity contribution in [3.05, 3.63) is 35.6 Å². The zero-order chi connectivity index (χ0) is 13.7. The van der Waals surface area contributed by atoms with E-state index in [1.165, 1.54) is 18.9 Å². The van der Waals surface area contributed by atoms with E-state index in [0.717, 1.165) is 31.6 Å². The lowest BCUT2D eigenvalue weighted by atomic mass is 10.00. The summed E-state index contributed by atoms with van der Waals surface area (Å²) in [6.07, 6.45) is 3.61. The van der Waals surface area contributed by atoms with Gasteiger partial charge in [-0.05, 0) is 57.0 Å². The Morgan fingerprint density at radius 1 is 1.47 bits per heavy atom. The Morgan fingerprint density at radius 2 is 2.32 bits per heavy atom. The molecule has 0 spiro atoms. The molecule has 2 nitrogen and oxygen atoms in total. The lowest BCUT2D eigenvalue weighted by molar-refractivity contribution is 0.120. The normalized spacial score (nSPS) is 21.6. The predicted octanol–water partition coefficient (Wildman–Crippen LogP) is 3.35. The third-order valence-corrected chi connectivity index (χ3v) is 4.05. The lowest BCUT2D eigenvalue weighted by Gasteiger charge is -2.39. The minimum absolute atomic E-state index is 0.137. The van der Waals surface area contributed by atoms with Crippen molar-refractivity contribution >= 4 is 0 Å². The Morgan fingerprint density at radius 3 is 2.95 bits per heavy atom. The standard InChI is InChI=1S/C16H25FN2/c1-3-10-19(16-8-5-9-18-12-16)13(2)14-6-4-7-15(17)11-14/h4,6-7,11,13,16,18H,3,5,8-10,12H2,1-2H3. The van der Waals surface area contributed by atoms with Gasteiger partial charge in [-0.25, -0.2) is 4.39 Å². The average molecular weight is 264 g/mol. The summed E-state index contributed by atoms with van der Waals surface area (Å²) in [7, 11) is 0. The van der Waals surface area contributed by atoms with Crippen molar-refractivity contribution < 1.29 is 4.39 Å². The molecular formula is C16H25FN2. The number of nitrogens with one attached hydrogen (secondary N) is 1. The number of hydrogen-bond donors (Lipinski definition) is 1. The molecule has 1 fully saturated rings. The molecule has 0 radical (unpaired) electrons. The van der Waals surface area contributed by atoms with Crippen molar-refractivity contribution in [3.8, 4) is 0 Å². The molecule has 0 amide bonds. The van der Waals surface area contributed by atoms with Crippen LogP contribution < -0.4 is 5.32 Å². The van der Waals surface area contributed by atoms with Gasteiger partial charge in [-0.2, -0.15) is 0 Å². The summed E-state index contributed by atoms with van der Waals surface area (Å²) in [5.41, 5.74) is 1.08. The summed E-state index contributed by atoms with van der Waals surface area (Å²) in [4.78, 5) is 2.53. The largest absolute Gasteiger partial charge is 0.315 e. The first-order valence-electron chi connectivity index (χ1n) is 7.44. The van der Waals surface area contributed by atoms with Crippen LogP contribution >= 0.6 is 0 Å². The van der Waals surface area contributed by atoms with Gasteiger partial charge in [0.15, 0.2) is 0 Å². The molecular weight excluding hydrogens is 239 g/mol. The topological polar surface area (TPSA) is 15.3 Å². The van der Waals surface area contributed by atoms with Gasteiger partial charge in [-0.15, -0.1) is 0 Å². The highest BCUT2D eigenvalue weighted by molar-refractivity contribution is 5.20. The second kappa shape index (κ2) is 7.01. The highest BCUT2D eigenvalue weighted by Crippen LogP contribution is 2.25. The fourth-order valence-corrected chi connectivity index (χ4v) is 3.03. The summed E-state index contributed by atoms with van der Waals surface area (Å²) in [6.45, 7) is 7.66.